The number of benzene rings is 4. The molecule has 5 heteroatoms. The summed E-state index contributed by atoms with van der Waals surface area (Å²) in [4.78, 5) is 0. The van der Waals surface area contributed by atoms with Gasteiger partial charge in [-0.1, -0.05) is 42.5 Å². The van der Waals surface area contributed by atoms with Crippen LogP contribution in [0.4, 0.5) is 0 Å². The van der Waals surface area contributed by atoms with Crippen molar-refractivity contribution in [1.29, 1.82) is 0 Å². The Labute approximate surface area is 223 Å². The minimum atomic E-state index is -0.606. The number of aryl methyl sites for hydroxylation is 1. The van der Waals surface area contributed by atoms with Gasteiger partial charge in [-0.3, -0.25) is 0 Å². The summed E-state index contributed by atoms with van der Waals surface area (Å²) in [6.45, 7) is 0. The van der Waals surface area contributed by atoms with Gasteiger partial charge >= 0.3 is 5.66 Å². The molecule has 0 bridgehead atoms. The molecule has 4 aliphatic heterocycles. The second kappa shape index (κ2) is 5.79. The largest absolute Gasteiger partial charge is 0.456 e. The van der Waals surface area contributed by atoms with Gasteiger partial charge in [-0.2, -0.15) is 13.7 Å². The molecule has 1 atom stereocenters. The number of nitrogens with zero attached hydrogens (tertiary/aromatic N) is 4. The molecule has 7 heterocycles. The lowest BCUT2D eigenvalue weighted by atomic mass is 9.82. The molecule has 180 valence electrons. The zero-order valence-electron chi connectivity index (χ0n) is 21.0. The van der Waals surface area contributed by atoms with Crippen molar-refractivity contribution in [3.05, 3.63) is 115 Å². The molecule has 5 nitrogen and oxygen atoms in total. The maximum Gasteiger partial charge on any atom is 0.318 e. The smallest absolute Gasteiger partial charge is 0.318 e. The standard InChI is InChI=1S/C34H20N4O/c1-35-17-18-37-32(35)25-11-5-13-26-28(25)34(37)29-27(39-26)15-14-23-20-8-3-2-7-19(20)21-9-4-10-22-24-12-6-16-36(34)33(24)38(30(21)22)31(23)29/h2-18H,1H3/q+2. The summed E-state index contributed by atoms with van der Waals surface area (Å²) in [5, 5.41) is 2.54. The van der Waals surface area contributed by atoms with Gasteiger partial charge in [-0.25, -0.2) is 4.57 Å². The van der Waals surface area contributed by atoms with Gasteiger partial charge in [-0.15, -0.1) is 0 Å². The molecule has 0 amide bonds. The highest BCUT2D eigenvalue weighted by molar-refractivity contribution is 6.15. The molecular weight excluding hydrogens is 480 g/mol. The van der Waals surface area contributed by atoms with Crippen molar-refractivity contribution >= 4 is 21.9 Å². The quantitative estimate of drug-likeness (QED) is 0.233. The van der Waals surface area contributed by atoms with E-state index in [-0.39, 0.29) is 0 Å². The Morgan fingerprint density at radius 1 is 0.641 bits per heavy atom. The summed E-state index contributed by atoms with van der Waals surface area (Å²) < 4.78 is 16.6. The van der Waals surface area contributed by atoms with Crippen LogP contribution in [-0.2, 0) is 12.7 Å². The van der Waals surface area contributed by atoms with Gasteiger partial charge < -0.3 is 4.74 Å². The summed E-state index contributed by atoms with van der Waals surface area (Å²) in [5.74, 6) is 3.02. The van der Waals surface area contributed by atoms with E-state index in [1.165, 1.54) is 72.4 Å². The fraction of sp³-hybridized carbons (Fsp3) is 0.0588. The average molecular weight is 501 g/mol. The molecule has 0 radical (unpaired) electrons. The van der Waals surface area contributed by atoms with Gasteiger partial charge in [0.25, 0.3) is 11.5 Å². The van der Waals surface area contributed by atoms with Crippen LogP contribution in [0.1, 0.15) is 11.1 Å². The highest BCUT2D eigenvalue weighted by atomic mass is 16.5. The lowest BCUT2D eigenvalue weighted by molar-refractivity contribution is -0.954. The van der Waals surface area contributed by atoms with E-state index >= 15 is 0 Å². The lowest BCUT2D eigenvalue weighted by Gasteiger charge is -2.36. The average Bonchev–Trinajstić information content (AvgIpc) is 3.59. The van der Waals surface area contributed by atoms with Gasteiger partial charge in [0.1, 0.15) is 40.5 Å². The van der Waals surface area contributed by atoms with Gasteiger partial charge in [-0.05, 0) is 53.6 Å². The van der Waals surface area contributed by atoms with E-state index in [0.717, 1.165) is 11.5 Å². The van der Waals surface area contributed by atoms with Crippen LogP contribution >= 0.6 is 0 Å². The molecule has 4 aliphatic rings. The third-order valence-electron chi connectivity index (χ3n) is 9.48. The van der Waals surface area contributed by atoms with Crippen LogP contribution in [0.15, 0.2) is 104 Å². The second-order valence-electron chi connectivity index (χ2n) is 11.1. The number of rotatable bonds is 0. The monoisotopic (exact) mass is 500 g/mol. The topological polar surface area (TPSA) is 26.8 Å². The van der Waals surface area contributed by atoms with Crippen molar-refractivity contribution in [2.45, 2.75) is 5.66 Å². The first kappa shape index (κ1) is 19.0. The SMILES string of the molecule is Cn1cc[n+]2c1-c1cccc3c1C21c2c(ccc4c2-n2c5c(cccc5c5ccc[n+]1c52)-c1ccccc1-4)O3. The first-order valence-corrected chi connectivity index (χ1v) is 13.4. The van der Waals surface area contributed by atoms with Crippen molar-refractivity contribution in [3.8, 4) is 50.8 Å². The fourth-order valence-electron chi connectivity index (χ4n) is 8.20. The number of fused-ring (bicyclic) bond motifs is 6. The van der Waals surface area contributed by atoms with Gasteiger partial charge in [0.05, 0.1) is 24.2 Å². The highest BCUT2D eigenvalue weighted by Gasteiger charge is 2.66. The van der Waals surface area contributed by atoms with Gasteiger partial charge in [0.15, 0.2) is 5.69 Å². The molecule has 0 fully saturated rings. The van der Waals surface area contributed by atoms with Crippen LogP contribution in [0.3, 0.4) is 0 Å². The number of pyridine rings is 1. The summed E-state index contributed by atoms with van der Waals surface area (Å²) in [5.41, 5.74) is 11.8. The van der Waals surface area contributed by atoms with Crippen molar-refractivity contribution < 1.29 is 13.9 Å². The maximum absolute atomic E-state index is 6.81. The predicted octanol–water partition coefficient (Wildman–Crippen LogP) is 6.04. The van der Waals surface area contributed by atoms with Crippen LogP contribution in [0, 0.1) is 0 Å². The number of ether oxygens (including phenoxy) is 1. The molecule has 0 aliphatic carbocycles. The van der Waals surface area contributed by atoms with E-state index in [1.54, 1.807) is 0 Å². The van der Waals surface area contributed by atoms with Crippen molar-refractivity contribution in [1.82, 2.24) is 9.13 Å². The van der Waals surface area contributed by atoms with Crippen molar-refractivity contribution in [3.63, 3.8) is 0 Å². The fourth-order valence-corrected chi connectivity index (χ4v) is 8.20. The Hall–Kier alpha value is -5.16. The van der Waals surface area contributed by atoms with Gasteiger partial charge in [0.2, 0.25) is 0 Å². The number of para-hydroxylation sites is 1. The Kier molecular flexibility index (Phi) is 2.82. The van der Waals surface area contributed by atoms with Crippen molar-refractivity contribution in [2.75, 3.05) is 0 Å². The Morgan fingerprint density at radius 2 is 1.41 bits per heavy atom. The normalized spacial score (nSPS) is 17.7. The Balaban J connectivity index is 1.52. The zero-order chi connectivity index (χ0) is 25.2. The van der Waals surface area contributed by atoms with Crippen LogP contribution in [0.25, 0.3) is 61.3 Å². The molecule has 0 N–H and O–H groups in total. The lowest BCUT2D eigenvalue weighted by Crippen LogP contribution is -2.75. The minimum absolute atomic E-state index is 0.606. The number of imidazole rings is 1. The van der Waals surface area contributed by atoms with E-state index < -0.39 is 5.66 Å². The molecule has 0 saturated heterocycles. The van der Waals surface area contributed by atoms with E-state index in [0.29, 0.717) is 0 Å². The van der Waals surface area contributed by atoms with Crippen LogP contribution in [0.5, 0.6) is 11.5 Å². The second-order valence-corrected chi connectivity index (χ2v) is 11.1. The first-order chi connectivity index (χ1) is 19.3. The molecule has 1 spiro atoms. The molecule has 39 heavy (non-hydrogen) atoms. The van der Waals surface area contributed by atoms with Crippen LogP contribution < -0.4 is 13.9 Å². The molecule has 0 saturated carbocycles. The van der Waals surface area contributed by atoms with E-state index in [9.17, 15) is 0 Å². The molecule has 1 unspecified atom stereocenters. The van der Waals surface area contributed by atoms with E-state index in [4.69, 9.17) is 4.74 Å². The first-order valence-electron chi connectivity index (χ1n) is 13.4. The molecule has 7 aromatic rings. The molecular formula is C34H20N4O+2. The Bertz CT molecular complexity index is 2340. The van der Waals surface area contributed by atoms with Crippen LogP contribution in [0.2, 0.25) is 0 Å². The Morgan fingerprint density at radius 3 is 2.33 bits per heavy atom. The third kappa shape index (κ3) is 1.74. The van der Waals surface area contributed by atoms with E-state index in [1.807, 2.05) is 0 Å². The minimum Gasteiger partial charge on any atom is -0.456 e. The van der Waals surface area contributed by atoms with Crippen LogP contribution in [-0.4, -0.2) is 9.13 Å². The number of hydrogen-bond donors (Lipinski definition) is 0. The molecule has 3 aromatic heterocycles. The highest BCUT2D eigenvalue weighted by Crippen LogP contribution is 2.59. The third-order valence-corrected chi connectivity index (χ3v) is 9.48. The predicted molar refractivity (Wildman–Crippen MR) is 148 cm³/mol. The summed E-state index contributed by atoms with van der Waals surface area (Å²) in [7, 11) is 2.14. The summed E-state index contributed by atoms with van der Waals surface area (Å²) >= 11 is 0. The molecule has 11 rings (SSSR count). The van der Waals surface area contributed by atoms with Crippen molar-refractivity contribution in [2.24, 2.45) is 7.05 Å². The van der Waals surface area contributed by atoms with Gasteiger partial charge in [0, 0.05) is 16.5 Å². The summed E-state index contributed by atoms with van der Waals surface area (Å²) in [6, 6.07) is 31.1. The summed E-state index contributed by atoms with van der Waals surface area (Å²) in [6.07, 6.45) is 6.69. The zero-order valence-corrected chi connectivity index (χ0v) is 21.0. The number of aromatic nitrogens is 4. The number of hydrogen-bond acceptors (Lipinski definition) is 1. The molecule has 4 aromatic carbocycles. The maximum atomic E-state index is 6.81. The van der Waals surface area contributed by atoms with E-state index in [2.05, 4.69) is 129 Å².